The van der Waals surface area contributed by atoms with Crippen LogP contribution in [0.15, 0.2) is 53.6 Å². The number of alkyl carbamates (subject to hydrolysis) is 1. The number of carbonyl (C=O) groups excluding carboxylic acids is 4. The van der Waals surface area contributed by atoms with Crippen LogP contribution in [-0.4, -0.2) is 69.2 Å². The lowest BCUT2D eigenvalue weighted by atomic mass is 9.82. The number of esters is 3. The van der Waals surface area contributed by atoms with Gasteiger partial charge in [-0.25, -0.2) is 19.2 Å². The number of hydrogen-bond donors (Lipinski definition) is 1. The zero-order valence-electron chi connectivity index (χ0n) is 18.7. The van der Waals surface area contributed by atoms with Crippen LogP contribution in [0.3, 0.4) is 0 Å². The molecule has 0 saturated carbocycles. The van der Waals surface area contributed by atoms with Crippen molar-refractivity contribution in [2.45, 2.75) is 30.6 Å². The maximum absolute atomic E-state index is 12.5. The van der Waals surface area contributed by atoms with E-state index >= 15 is 0 Å². The third-order valence-corrected chi connectivity index (χ3v) is 5.49. The highest BCUT2D eigenvalue weighted by atomic mass is 16.6. The normalized spacial score (nSPS) is 23.6. The van der Waals surface area contributed by atoms with Gasteiger partial charge in [0, 0.05) is 6.42 Å². The second-order valence-electron chi connectivity index (χ2n) is 7.65. The Balaban J connectivity index is 1.77. The number of methoxy groups -OCH3 is 3. The fourth-order valence-corrected chi connectivity index (χ4v) is 3.94. The highest BCUT2D eigenvalue weighted by Crippen LogP contribution is 2.50. The molecule has 1 aromatic carbocycles. The van der Waals surface area contributed by atoms with Crippen LogP contribution in [0.4, 0.5) is 4.79 Å². The minimum atomic E-state index is -1.54. The maximum Gasteiger partial charge on any atom is 0.407 e. The molecule has 0 spiro atoms. The Morgan fingerprint density at radius 2 is 1.58 bits per heavy atom. The van der Waals surface area contributed by atoms with Gasteiger partial charge in [-0.1, -0.05) is 30.3 Å². The summed E-state index contributed by atoms with van der Waals surface area (Å²) in [6, 6.07) is 8.05. The molecule has 10 heteroatoms. The van der Waals surface area contributed by atoms with Crippen LogP contribution in [0.1, 0.15) is 12.5 Å². The minimum absolute atomic E-state index is 0.0279. The van der Waals surface area contributed by atoms with Gasteiger partial charge in [0.25, 0.3) is 0 Å². The summed E-state index contributed by atoms with van der Waals surface area (Å²) in [7, 11) is 3.55. The topological polar surface area (TPSA) is 126 Å². The van der Waals surface area contributed by atoms with Crippen molar-refractivity contribution in [1.29, 1.82) is 0 Å². The van der Waals surface area contributed by atoms with Gasteiger partial charge in [0.15, 0.2) is 5.60 Å². The summed E-state index contributed by atoms with van der Waals surface area (Å²) in [6.07, 6.45) is 2.36. The summed E-state index contributed by atoms with van der Waals surface area (Å²) in [4.78, 5) is 49.6. The monoisotopic (exact) mass is 459 g/mol. The van der Waals surface area contributed by atoms with Gasteiger partial charge in [0.2, 0.25) is 0 Å². The average Bonchev–Trinajstić information content (AvgIpc) is 3.30. The predicted molar refractivity (Wildman–Crippen MR) is 113 cm³/mol. The molecule has 0 saturated heterocycles. The van der Waals surface area contributed by atoms with Gasteiger partial charge in [0.05, 0.1) is 32.5 Å². The highest BCUT2D eigenvalue weighted by Gasteiger charge is 2.61. The van der Waals surface area contributed by atoms with E-state index in [2.05, 4.69) is 5.32 Å². The molecule has 176 valence electrons. The van der Waals surface area contributed by atoms with Gasteiger partial charge in [0.1, 0.15) is 18.2 Å². The molecule has 0 aliphatic carbocycles. The lowest BCUT2D eigenvalue weighted by Crippen LogP contribution is -2.45. The summed E-state index contributed by atoms with van der Waals surface area (Å²) in [5, 5.41) is 2.47. The lowest BCUT2D eigenvalue weighted by Gasteiger charge is -2.26. The van der Waals surface area contributed by atoms with E-state index in [9.17, 15) is 19.2 Å². The number of rotatable bonds is 8. The van der Waals surface area contributed by atoms with Crippen molar-refractivity contribution in [3.05, 3.63) is 59.2 Å². The average molecular weight is 459 g/mol. The van der Waals surface area contributed by atoms with Crippen molar-refractivity contribution in [3.63, 3.8) is 0 Å². The summed E-state index contributed by atoms with van der Waals surface area (Å²) in [6.45, 7) is 1.13. The summed E-state index contributed by atoms with van der Waals surface area (Å²) < 4.78 is 25.7. The van der Waals surface area contributed by atoms with Gasteiger partial charge >= 0.3 is 24.0 Å². The Bertz CT molecular complexity index is 1020. The third-order valence-electron chi connectivity index (χ3n) is 5.49. The van der Waals surface area contributed by atoms with Crippen LogP contribution in [0.5, 0.6) is 0 Å². The number of ether oxygens (including phenoxy) is 5. The van der Waals surface area contributed by atoms with E-state index in [0.717, 1.165) is 12.7 Å². The number of amides is 1. The first-order chi connectivity index (χ1) is 15.7. The first kappa shape index (κ1) is 24.0. The summed E-state index contributed by atoms with van der Waals surface area (Å²) in [5.74, 6) is -2.23. The molecule has 2 aliphatic rings. The van der Waals surface area contributed by atoms with Gasteiger partial charge in [-0.15, -0.1) is 0 Å². The fraction of sp³-hybridized carbons (Fsp3) is 0.391. The van der Waals surface area contributed by atoms with Crippen LogP contribution < -0.4 is 5.32 Å². The zero-order chi connectivity index (χ0) is 24.2. The Kier molecular flexibility index (Phi) is 6.87. The Hall–Kier alpha value is -3.66. The van der Waals surface area contributed by atoms with Crippen LogP contribution in [0.2, 0.25) is 0 Å². The summed E-state index contributed by atoms with van der Waals surface area (Å²) in [5.41, 5.74) is -2.12. The SMILES string of the molecule is COC(=O)C1=C(C(=O)OC)C2(COC(=O)NC(Cc3ccccc3)C(=O)OC)C=CC1(C)O2. The molecule has 2 heterocycles. The molecule has 0 fully saturated rings. The van der Waals surface area contributed by atoms with Crippen molar-refractivity contribution < 1.29 is 42.9 Å². The zero-order valence-corrected chi connectivity index (χ0v) is 18.7. The van der Waals surface area contributed by atoms with E-state index in [-0.39, 0.29) is 17.6 Å². The molecule has 1 N–H and O–H groups in total. The first-order valence-electron chi connectivity index (χ1n) is 10.1. The quantitative estimate of drug-likeness (QED) is 0.347. The van der Waals surface area contributed by atoms with Crippen LogP contribution in [0.25, 0.3) is 0 Å². The number of nitrogens with one attached hydrogen (secondary N) is 1. The number of hydrogen-bond acceptors (Lipinski definition) is 9. The van der Waals surface area contributed by atoms with E-state index in [1.807, 2.05) is 18.2 Å². The van der Waals surface area contributed by atoms with Crippen LogP contribution in [0, 0.1) is 0 Å². The first-order valence-corrected chi connectivity index (χ1v) is 10.1. The molecule has 2 aliphatic heterocycles. The van der Waals surface area contributed by atoms with Crippen molar-refractivity contribution in [2.75, 3.05) is 27.9 Å². The molecule has 10 nitrogen and oxygen atoms in total. The second-order valence-corrected chi connectivity index (χ2v) is 7.65. The van der Waals surface area contributed by atoms with Crippen molar-refractivity contribution in [3.8, 4) is 0 Å². The van der Waals surface area contributed by atoms with Crippen molar-refractivity contribution >= 4 is 24.0 Å². The van der Waals surface area contributed by atoms with E-state index < -0.39 is 47.9 Å². The van der Waals surface area contributed by atoms with E-state index in [4.69, 9.17) is 23.7 Å². The molecule has 1 amide bonds. The largest absolute Gasteiger partial charge is 0.467 e. The lowest BCUT2D eigenvalue weighted by molar-refractivity contribution is -0.143. The molecule has 33 heavy (non-hydrogen) atoms. The van der Waals surface area contributed by atoms with Gasteiger partial charge in [-0.2, -0.15) is 0 Å². The van der Waals surface area contributed by atoms with E-state index in [1.165, 1.54) is 20.3 Å². The Morgan fingerprint density at radius 3 is 2.18 bits per heavy atom. The molecular weight excluding hydrogens is 434 g/mol. The van der Waals surface area contributed by atoms with Crippen molar-refractivity contribution in [1.82, 2.24) is 5.32 Å². The molecule has 3 atom stereocenters. The molecule has 0 aromatic heterocycles. The predicted octanol–water partition coefficient (Wildman–Crippen LogP) is 1.24. The van der Waals surface area contributed by atoms with Crippen LogP contribution >= 0.6 is 0 Å². The molecular formula is C23H25NO9. The molecule has 3 rings (SSSR count). The maximum atomic E-state index is 12.5. The molecule has 0 radical (unpaired) electrons. The van der Waals surface area contributed by atoms with E-state index in [0.29, 0.717) is 0 Å². The molecule has 1 aromatic rings. The van der Waals surface area contributed by atoms with Gasteiger partial charge < -0.3 is 29.0 Å². The van der Waals surface area contributed by atoms with Gasteiger partial charge in [-0.3, -0.25) is 0 Å². The Morgan fingerprint density at radius 1 is 0.939 bits per heavy atom. The smallest absolute Gasteiger partial charge is 0.407 e. The van der Waals surface area contributed by atoms with Crippen LogP contribution in [-0.2, 0) is 44.5 Å². The Labute approximate surface area is 190 Å². The number of benzene rings is 1. The molecule has 3 unspecified atom stereocenters. The third kappa shape index (κ3) is 4.61. The number of fused-ring (bicyclic) bond motifs is 2. The highest BCUT2D eigenvalue weighted by molar-refractivity contribution is 6.06. The molecule has 2 bridgehead atoms. The fourth-order valence-electron chi connectivity index (χ4n) is 3.94. The minimum Gasteiger partial charge on any atom is -0.467 e. The van der Waals surface area contributed by atoms with Crippen molar-refractivity contribution in [2.24, 2.45) is 0 Å². The van der Waals surface area contributed by atoms with Gasteiger partial charge in [-0.05, 0) is 24.6 Å². The number of carbonyl (C=O) groups is 4. The van der Waals surface area contributed by atoms with E-state index in [1.54, 1.807) is 25.1 Å². The summed E-state index contributed by atoms with van der Waals surface area (Å²) >= 11 is 0. The standard InChI is InChI=1S/C23H25NO9/c1-22-10-11-23(33-22,17(20(27)31-4)16(22)19(26)30-3)13-32-21(28)24-15(18(25)29-2)12-14-8-6-5-7-9-14/h5-11,15H,12-13H2,1-4H3,(H,24,28). The second kappa shape index (κ2) is 9.45.